The molecule has 0 bridgehead atoms. The summed E-state index contributed by atoms with van der Waals surface area (Å²) in [5, 5.41) is 18.4. The van der Waals surface area contributed by atoms with Crippen LogP contribution < -0.4 is 4.72 Å². The molecule has 0 spiro atoms. The summed E-state index contributed by atoms with van der Waals surface area (Å²) in [7, 11) is -4.05. The molecule has 8 heteroatoms. The molecule has 154 valence electrons. The first-order valence-electron chi connectivity index (χ1n) is 8.99. The zero-order chi connectivity index (χ0) is 21.7. The summed E-state index contributed by atoms with van der Waals surface area (Å²) in [6, 6.07) is 19.6. The van der Waals surface area contributed by atoms with Crippen LogP contribution in [0.4, 0.5) is 0 Å². The first kappa shape index (κ1) is 21.2. The molecule has 0 amide bonds. The predicted octanol–water partition coefficient (Wildman–Crippen LogP) is 3.03. The minimum atomic E-state index is -4.05. The van der Waals surface area contributed by atoms with E-state index in [0.29, 0.717) is 11.1 Å². The van der Waals surface area contributed by atoms with Crippen molar-refractivity contribution in [1.82, 2.24) is 4.72 Å². The molecule has 0 aliphatic rings. The molecule has 0 radical (unpaired) electrons. The van der Waals surface area contributed by atoms with E-state index in [-0.39, 0.29) is 16.9 Å². The Labute approximate surface area is 173 Å². The summed E-state index contributed by atoms with van der Waals surface area (Å²) >= 11 is 0. The van der Waals surface area contributed by atoms with Gasteiger partial charge < -0.3 is 10.2 Å². The first-order chi connectivity index (χ1) is 14.3. The normalized spacial score (nSPS) is 12.3. The number of carboxylic acid groups (broad SMARTS) is 2. The van der Waals surface area contributed by atoms with Crippen LogP contribution in [-0.4, -0.2) is 36.6 Å². The highest BCUT2D eigenvalue weighted by atomic mass is 32.2. The fourth-order valence-corrected chi connectivity index (χ4v) is 4.11. The topological polar surface area (TPSA) is 121 Å². The summed E-state index contributed by atoms with van der Waals surface area (Å²) in [5.74, 6) is -2.30. The minimum absolute atomic E-state index is 0.0173. The van der Waals surface area contributed by atoms with Crippen LogP contribution in [0.2, 0.25) is 0 Å². The molecule has 0 aliphatic carbocycles. The summed E-state index contributed by atoms with van der Waals surface area (Å²) in [6.07, 6.45) is 0.0173. The fraction of sp³-hybridized carbons (Fsp3) is 0.0909. The van der Waals surface area contributed by atoms with E-state index in [1.165, 1.54) is 24.3 Å². The summed E-state index contributed by atoms with van der Waals surface area (Å²) in [4.78, 5) is 22.4. The second-order valence-electron chi connectivity index (χ2n) is 6.61. The SMILES string of the molecule is O=C(O)c1ccc(-c2ccc(S(=O)(=O)N[C@H](Cc3ccccc3)C(=O)O)cc2)cc1. The van der Waals surface area contributed by atoms with E-state index in [9.17, 15) is 23.1 Å². The van der Waals surface area contributed by atoms with Crippen LogP contribution in [0.5, 0.6) is 0 Å². The summed E-state index contributed by atoms with van der Waals surface area (Å²) < 4.78 is 27.6. The Morgan fingerprint density at radius 1 is 0.800 bits per heavy atom. The molecule has 3 N–H and O–H groups in total. The number of aliphatic carboxylic acids is 1. The number of hydrogen-bond donors (Lipinski definition) is 3. The second-order valence-corrected chi connectivity index (χ2v) is 8.32. The van der Waals surface area contributed by atoms with E-state index in [4.69, 9.17) is 5.11 Å². The van der Waals surface area contributed by atoms with Gasteiger partial charge in [0, 0.05) is 0 Å². The maximum absolute atomic E-state index is 12.7. The van der Waals surface area contributed by atoms with Gasteiger partial charge in [-0.15, -0.1) is 0 Å². The molecule has 0 aliphatic heterocycles. The standard InChI is InChI=1S/C22H19NO6S/c24-21(25)18-8-6-16(7-9-18)17-10-12-19(13-11-17)30(28,29)23-20(22(26)27)14-15-4-2-1-3-5-15/h1-13,20,23H,14H2,(H,24,25)(H,26,27)/t20-/m1/s1. The Balaban J connectivity index is 1.78. The van der Waals surface area contributed by atoms with Crippen molar-refractivity contribution in [1.29, 1.82) is 0 Å². The van der Waals surface area contributed by atoms with Crippen molar-refractivity contribution in [2.24, 2.45) is 0 Å². The van der Waals surface area contributed by atoms with Gasteiger partial charge in [-0.1, -0.05) is 54.6 Å². The van der Waals surface area contributed by atoms with Crippen molar-refractivity contribution >= 4 is 22.0 Å². The lowest BCUT2D eigenvalue weighted by Gasteiger charge is -2.15. The van der Waals surface area contributed by atoms with Crippen molar-refractivity contribution in [2.45, 2.75) is 17.4 Å². The number of carboxylic acids is 2. The van der Waals surface area contributed by atoms with Crippen LogP contribution in [0.15, 0.2) is 83.8 Å². The molecule has 0 aromatic heterocycles. The maximum Gasteiger partial charge on any atom is 0.335 e. The van der Waals surface area contributed by atoms with Crippen molar-refractivity contribution in [3.8, 4) is 11.1 Å². The summed E-state index contributed by atoms with van der Waals surface area (Å²) in [6.45, 7) is 0. The van der Waals surface area contributed by atoms with Crippen LogP contribution >= 0.6 is 0 Å². The largest absolute Gasteiger partial charge is 0.480 e. The van der Waals surface area contributed by atoms with Crippen LogP contribution in [0.1, 0.15) is 15.9 Å². The quantitative estimate of drug-likeness (QED) is 0.510. The highest BCUT2D eigenvalue weighted by Crippen LogP contribution is 2.22. The molecule has 1 atom stereocenters. The number of rotatable bonds is 8. The first-order valence-corrected chi connectivity index (χ1v) is 10.5. The Morgan fingerprint density at radius 3 is 1.83 bits per heavy atom. The van der Waals surface area contributed by atoms with Gasteiger partial charge in [0.2, 0.25) is 10.0 Å². The Morgan fingerprint density at radius 2 is 1.33 bits per heavy atom. The second kappa shape index (κ2) is 8.89. The number of hydrogen-bond acceptors (Lipinski definition) is 4. The number of aromatic carboxylic acids is 1. The van der Waals surface area contributed by atoms with Crippen molar-refractivity contribution in [3.63, 3.8) is 0 Å². The molecule has 3 rings (SSSR count). The molecule has 0 saturated carbocycles. The molecule has 7 nitrogen and oxygen atoms in total. The number of benzene rings is 3. The highest BCUT2D eigenvalue weighted by molar-refractivity contribution is 7.89. The van der Waals surface area contributed by atoms with Crippen LogP contribution in [0.25, 0.3) is 11.1 Å². The lowest BCUT2D eigenvalue weighted by Crippen LogP contribution is -2.42. The molecular weight excluding hydrogens is 406 g/mol. The molecule has 30 heavy (non-hydrogen) atoms. The zero-order valence-electron chi connectivity index (χ0n) is 15.7. The number of carbonyl (C=O) groups is 2. The Hall–Kier alpha value is -3.49. The molecule has 3 aromatic rings. The van der Waals surface area contributed by atoms with Crippen LogP contribution in [-0.2, 0) is 21.2 Å². The molecule has 0 heterocycles. The maximum atomic E-state index is 12.7. The third-order valence-corrected chi connectivity index (χ3v) is 6.00. The predicted molar refractivity (Wildman–Crippen MR) is 111 cm³/mol. The highest BCUT2D eigenvalue weighted by Gasteiger charge is 2.25. The average Bonchev–Trinajstić information content (AvgIpc) is 2.74. The van der Waals surface area contributed by atoms with Crippen molar-refractivity contribution in [3.05, 3.63) is 90.0 Å². The average molecular weight is 425 g/mol. The smallest absolute Gasteiger partial charge is 0.335 e. The van der Waals surface area contributed by atoms with Crippen molar-refractivity contribution < 1.29 is 28.2 Å². The van der Waals surface area contributed by atoms with Crippen LogP contribution in [0, 0.1) is 0 Å². The van der Waals surface area contributed by atoms with E-state index in [1.54, 1.807) is 54.6 Å². The molecule has 3 aromatic carbocycles. The van der Waals surface area contributed by atoms with E-state index < -0.39 is 28.0 Å². The molecule has 0 unspecified atom stereocenters. The van der Waals surface area contributed by atoms with Gasteiger partial charge in [-0.2, -0.15) is 4.72 Å². The fourth-order valence-electron chi connectivity index (χ4n) is 2.92. The van der Waals surface area contributed by atoms with E-state index in [2.05, 4.69) is 4.72 Å². The van der Waals surface area contributed by atoms with Gasteiger partial charge in [0.15, 0.2) is 0 Å². The molecular formula is C22H19NO6S. The summed E-state index contributed by atoms with van der Waals surface area (Å²) in [5.41, 5.74) is 2.28. The number of sulfonamides is 1. The third-order valence-electron chi connectivity index (χ3n) is 4.51. The lowest BCUT2D eigenvalue weighted by molar-refractivity contribution is -0.138. The van der Waals surface area contributed by atoms with Gasteiger partial charge in [0.1, 0.15) is 6.04 Å². The van der Waals surface area contributed by atoms with Gasteiger partial charge in [-0.3, -0.25) is 4.79 Å². The molecule has 0 fully saturated rings. The molecule has 0 saturated heterocycles. The monoisotopic (exact) mass is 425 g/mol. The van der Waals surface area contributed by atoms with Gasteiger partial charge in [-0.25, -0.2) is 13.2 Å². The van der Waals surface area contributed by atoms with Crippen LogP contribution in [0.3, 0.4) is 0 Å². The van der Waals surface area contributed by atoms with Gasteiger partial charge >= 0.3 is 11.9 Å². The third kappa shape index (κ3) is 5.11. The number of nitrogens with one attached hydrogen (secondary N) is 1. The van der Waals surface area contributed by atoms with Gasteiger partial charge in [0.05, 0.1) is 10.5 Å². The van der Waals surface area contributed by atoms with E-state index in [0.717, 1.165) is 5.56 Å². The zero-order valence-corrected chi connectivity index (χ0v) is 16.5. The lowest BCUT2D eigenvalue weighted by atomic mass is 10.0. The van der Waals surface area contributed by atoms with E-state index >= 15 is 0 Å². The van der Waals surface area contributed by atoms with E-state index in [1.807, 2.05) is 0 Å². The Bertz CT molecular complexity index is 1140. The van der Waals surface area contributed by atoms with Gasteiger partial charge in [0.25, 0.3) is 0 Å². The van der Waals surface area contributed by atoms with Crippen molar-refractivity contribution in [2.75, 3.05) is 0 Å². The Kier molecular flexibility index (Phi) is 6.29. The minimum Gasteiger partial charge on any atom is -0.480 e. The van der Waals surface area contributed by atoms with Gasteiger partial charge in [-0.05, 0) is 47.4 Å².